The molecule has 0 saturated carbocycles. The number of ketones is 1. The van der Waals surface area contributed by atoms with Crippen LogP contribution in [0.5, 0.6) is 0 Å². The molecule has 1 atom stereocenters. The molecule has 0 rings (SSSR count). The zero-order valence-electron chi connectivity index (χ0n) is 28.3. The standard InChI is InChI=1S/C34H63NO8/c1-7-9-11-13-14-15-17-25-40-26-30(27-41-31(37)21-16-12-10-8-2)28-42-32(38)22-19-24-35(23-18-20-29(3)36)33(39)43-34(4,5)6/h30H,7-28H2,1-6H3. The Balaban J connectivity index is 4.70. The lowest BCUT2D eigenvalue weighted by Gasteiger charge is -2.27. The number of rotatable bonds is 27. The van der Waals surface area contributed by atoms with E-state index in [1.807, 2.05) is 0 Å². The summed E-state index contributed by atoms with van der Waals surface area (Å²) in [6.07, 6.45) is 13.8. The summed E-state index contributed by atoms with van der Waals surface area (Å²) in [5.41, 5.74) is -0.639. The Hall–Kier alpha value is -2.16. The van der Waals surface area contributed by atoms with Gasteiger partial charge in [-0.25, -0.2) is 4.79 Å². The fourth-order valence-corrected chi connectivity index (χ4v) is 4.37. The molecule has 0 aromatic rings. The minimum Gasteiger partial charge on any atom is -0.465 e. The number of amides is 1. The Kier molecular flexibility index (Phi) is 24.9. The number of unbranched alkanes of at least 4 members (excludes halogenated alkanes) is 9. The Morgan fingerprint density at radius 2 is 1.12 bits per heavy atom. The zero-order chi connectivity index (χ0) is 32.3. The van der Waals surface area contributed by atoms with Crippen LogP contribution in [0.1, 0.15) is 144 Å². The zero-order valence-corrected chi connectivity index (χ0v) is 28.3. The van der Waals surface area contributed by atoms with Crippen molar-refractivity contribution >= 4 is 23.8 Å². The van der Waals surface area contributed by atoms with Gasteiger partial charge in [0.1, 0.15) is 11.4 Å². The van der Waals surface area contributed by atoms with Crippen molar-refractivity contribution in [2.75, 3.05) is 39.5 Å². The van der Waals surface area contributed by atoms with E-state index in [1.165, 1.54) is 39.0 Å². The maximum atomic E-state index is 12.6. The van der Waals surface area contributed by atoms with E-state index in [0.717, 1.165) is 38.5 Å². The average molecular weight is 614 g/mol. The first kappa shape index (κ1) is 40.8. The molecule has 0 fully saturated rings. The second-order valence-electron chi connectivity index (χ2n) is 12.6. The maximum Gasteiger partial charge on any atom is 0.410 e. The third kappa shape index (κ3) is 27.1. The minimum atomic E-state index is -0.639. The number of esters is 2. The SMILES string of the molecule is CCCCCCCCCOCC(COC(=O)CCCCCC)COC(=O)CCCN(CCCC(C)=O)C(=O)OC(C)(C)C. The molecular formula is C34H63NO8. The first-order valence-electron chi connectivity index (χ1n) is 16.8. The van der Waals surface area contributed by atoms with Gasteiger partial charge in [-0.2, -0.15) is 0 Å². The topological polar surface area (TPSA) is 108 Å². The van der Waals surface area contributed by atoms with Gasteiger partial charge in [-0.3, -0.25) is 9.59 Å². The molecule has 9 nitrogen and oxygen atoms in total. The van der Waals surface area contributed by atoms with Crippen molar-refractivity contribution < 1.29 is 38.1 Å². The summed E-state index contributed by atoms with van der Waals surface area (Å²) in [5, 5.41) is 0. The second-order valence-corrected chi connectivity index (χ2v) is 12.6. The summed E-state index contributed by atoms with van der Waals surface area (Å²) in [5.74, 6) is -0.781. The summed E-state index contributed by atoms with van der Waals surface area (Å²) in [4.78, 5) is 50.2. The number of hydrogen-bond donors (Lipinski definition) is 0. The number of Topliss-reactive ketones (excluding diaryl/α,β-unsaturated/α-hetero) is 1. The highest BCUT2D eigenvalue weighted by Gasteiger charge is 2.22. The van der Waals surface area contributed by atoms with Crippen LogP contribution in [-0.2, 0) is 33.3 Å². The van der Waals surface area contributed by atoms with Crippen LogP contribution >= 0.6 is 0 Å². The van der Waals surface area contributed by atoms with Gasteiger partial charge < -0.3 is 28.6 Å². The van der Waals surface area contributed by atoms with Gasteiger partial charge in [-0.15, -0.1) is 0 Å². The molecule has 0 saturated heterocycles. The van der Waals surface area contributed by atoms with E-state index in [2.05, 4.69) is 13.8 Å². The third-order valence-corrected chi connectivity index (χ3v) is 6.86. The highest BCUT2D eigenvalue weighted by atomic mass is 16.6. The smallest absolute Gasteiger partial charge is 0.410 e. The van der Waals surface area contributed by atoms with Crippen molar-refractivity contribution in [3.8, 4) is 0 Å². The number of carbonyl (C=O) groups is 4. The maximum absolute atomic E-state index is 12.6. The molecule has 0 aliphatic carbocycles. The Labute approximate surface area is 262 Å². The van der Waals surface area contributed by atoms with Crippen LogP contribution < -0.4 is 0 Å². The van der Waals surface area contributed by atoms with E-state index in [1.54, 1.807) is 25.7 Å². The monoisotopic (exact) mass is 613 g/mol. The molecule has 0 aliphatic heterocycles. The Morgan fingerprint density at radius 1 is 0.628 bits per heavy atom. The van der Waals surface area contributed by atoms with Crippen molar-refractivity contribution in [2.24, 2.45) is 5.92 Å². The normalized spacial score (nSPS) is 12.0. The van der Waals surface area contributed by atoms with Gasteiger partial charge >= 0.3 is 18.0 Å². The van der Waals surface area contributed by atoms with Crippen LogP contribution in [0.15, 0.2) is 0 Å². The molecule has 43 heavy (non-hydrogen) atoms. The predicted octanol–water partition coefficient (Wildman–Crippen LogP) is 7.81. The van der Waals surface area contributed by atoms with Gasteiger partial charge in [0.05, 0.1) is 25.7 Å². The second kappa shape index (κ2) is 26.3. The van der Waals surface area contributed by atoms with Gasteiger partial charge in [0, 0.05) is 39.0 Å². The molecule has 0 bridgehead atoms. The van der Waals surface area contributed by atoms with Crippen LogP contribution in [0.2, 0.25) is 0 Å². The van der Waals surface area contributed by atoms with E-state index < -0.39 is 11.7 Å². The lowest BCUT2D eigenvalue weighted by molar-refractivity contribution is -0.150. The fourth-order valence-electron chi connectivity index (χ4n) is 4.37. The molecule has 0 aromatic heterocycles. The third-order valence-electron chi connectivity index (χ3n) is 6.86. The Morgan fingerprint density at radius 3 is 1.65 bits per heavy atom. The van der Waals surface area contributed by atoms with E-state index in [9.17, 15) is 19.2 Å². The van der Waals surface area contributed by atoms with Gasteiger partial charge in [0.15, 0.2) is 0 Å². The molecule has 0 radical (unpaired) electrons. The van der Waals surface area contributed by atoms with Gasteiger partial charge in [0.2, 0.25) is 0 Å². The van der Waals surface area contributed by atoms with Crippen molar-refractivity contribution in [2.45, 2.75) is 150 Å². The van der Waals surface area contributed by atoms with Crippen molar-refractivity contribution in [3.05, 3.63) is 0 Å². The molecule has 1 amide bonds. The van der Waals surface area contributed by atoms with Crippen LogP contribution in [-0.4, -0.2) is 73.8 Å². The lowest BCUT2D eigenvalue weighted by atomic mass is 10.1. The summed E-state index contributed by atoms with van der Waals surface area (Å²) >= 11 is 0. The summed E-state index contributed by atoms with van der Waals surface area (Å²) in [7, 11) is 0. The highest BCUT2D eigenvalue weighted by molar-refractivity contribution is 5.75. The van der Waals surface area contributed by atoms with E-state index >= 15 is 0 Å². The number of ether oxygens (including phenoxy) is 4. The summed E-state index contributed by atoms with van der Waals surface area (Å²) in [6, 6.07) is 0. The molecule has 0 spiro atoms. The quantitative estimate of drug-likeness (QED) is 0.0524. The predicted molar refractivity (Wildman–Crippen MR) is 170 cm³/mol. The summed E-state index contributed by atoms with van der Waals surface area (Å²) in [6.45, 7) is 13.2. The molecule has 0 heterocycles. The average Bonchev–Trinajstić information content (AvgIpc) is 2.93. The molecule has 9 heteroatoms. The summed E-state index contributed by atoms with van der Waals surface area (Å²) < 4.78 is 22.4. The van der Waals surface area contributed by atoms with Crippen LogP contribution in [0.25, 0.3) is 0 Å². The van der Waals surface area contributed by atoms with Crippen molar-refractivity contribution in [1.29, 1.82) is 0 Å². The molecule has 0 N–H and O–H groups in total. The highest BCUT2D eigenvalue weighted by Crippen LogP contribution is 2.13. The largest absolute Gasteiger partial charge is 0.465 e. The molecule has 0 aliphatic rings. The van der Waals surface area contributed by atoms with Crippen LogP contribution in [0.4, 0.5) is 4.79 Å². The van der Waals surface area contributed by atoms with Crippen LogP contribution in [0.3, 0.4) is 0 Å². The minimum absolute atomic E-state index is 0.0656. The number of nitrogens with zero attached hydrogens (tertiary/aromatic N) is 1. The van der Waals surface area contributed by atoms with Gasteiger partial charge in [-0.05, 0) is 53.4 Å². The first-order valence-corrected chi connectivity index (χ1v) is 16.8. The molecular weight excluding hydrogens is 550 g/mol. The van der Waals surface area contributed by atoms with Crippen LogP contribution in [0, 0.1) is 5.92 Å². The van der Waals surface area contributed by atoms with Crippen molar-refractivity contribution in [3.63, 3.8) is 0 Å². The fraction of sp³-hybridized carbons (Fsp3) is 0.882. The van der Waals surface area contributed by atoms with E-state index in [4.69, 9.17) is 18.9 Å². The lowest BCUT2D eigenvalue weighted by Crippen LogP contribution is -2.38. The number of carbonyl (C=O) groups excluding carboxylic acids is 4. The van der Waals surface area contributed by atoms with Gasteiger partial charge in [-0.1, -0.05) is 71.6 Å². The van der Waals surface area contributed by atoms with E-state index in [-0.39, 0.29) is 43.3 Å². The molecule has 0 aromatic carbocycles. The number of hydrogen-bond acceptors (Lipinski definition) is 8. The first-order chi connectivity index (χ1) is 20.5. The van der Waals surface area contributed by atoms with E-state index in [0.29, 0.717) is 52.0 Å². The van der Waals surface area contributed by atoms with Crippen molar-refractivity contribution in [1.82, 2.24) is 4.90 Å². The molecule has 252 valence electrons. The van der Waals surface area contributed by atoms with Gasteiger partial charge in [0.25, 0.3) is 0 Å². The molecule has 1 unspecified atom stereocenters. The Bertz CT molecular complexity index is 749.